The van der Waals surface area contributed by atoms with Crippen molar-refractivity contribution in [2.24, 2.45) is 7.05 Å². The van der Waals surface area contributed by atoms with Gasteiger partial charge in [-0.1, -0.05) is 18.7 Å². The van der Waals surface area contributed by atoms with Crippen LogP contribution in [-0.4, -0.2) is 15.6 Å². The standard InChI is InChI=1S/C14H12ClNO2/c1-3-9(8-15)12-13(17)10-6-4-5-7-11(10)16(2)14(12)18/h4-7,17H,1,8H2,2H3. The Hall–Kier alpha value is -1.96. The minimum Gasteiger partial charge on any atom is -0.506 e. The molecule has 2 rings (SSSR count). The third kappa shape index (κ3) is 1.74. The predicted molar refractivity (Wildman–Crippen MR) is 74.1 cm³/mol. The number of aromatic nitrogens is 1. The molecule has 3 nitrogen and oxygen atoms in total. The first-order chi connectivity index (χ1) is 8.61. The van der Waals surface area contributed by atoms with E-state index < -0.39 is 0 Å². The molecule has 0 radical (unpaired) electrons. The third-order valence-corrected chi connectivity index (χ3v) is 3.19. The fourth-order valence-corrected chi connectivity index (χ4v) is 2.18. The fourth-order valence-electron chi connectivity index (χ4n) is 1.95. The Bertz CT molecular complexity index is 724. The van der Waals surface area contributed by atoms with E-state index >= 15 is 0 Å². The summed E-state index contributed by atoms with van der Waals surface area (Å²) in [4.78, 5) is 12.2. The largest absolute Gasteiger partial charge is 0.506 e. The number of halogens is 1. The van der Waals surface area contributed by atoms with Crippen LogP contribution in [0.2, 0.25) is 0 Å². The molecule has 0 aliphatic rings. The Morgan fingerprint density at radius 1 is 1.50 bits per heavy atom. The van der Waals surface area contributed by atoms with Crippen molar-refractivity contribution in [3.8, 4) is 5.75 Å². The molecule has 0 fully saturated rings. The number of alkyl halides is 1. The average Bonchev–Trinajstić information content (AvgIpc) is 2.41. The van der Waals surface area contributed by atoms with Gasteiger partial charge in [-0.25, -0.2) is 0 Å². The maximum Gasteiger partial charge on any atom is 0.262 e. The number of allylic oxidation sites excluding steroid dienone is 1. The van der Waals surface area contributed by atoms with Gasteiger partial charge in [-0.2, -0.15) is 0 Å². The molecule has 1 N–H and O–H groups in total. The zero-order valence-corrected chi connectivity index (χ0v) is 10.7. The van der Waals surface area contributed by atoms with Crippen LogP contribution in [0.1, 0.15) is 5.56 Å². The molecule has 0 bridgehead atoms. The van der Waals surface area contributed by atoms with E-state index in [0.717, 1.165) is 0 Å². The zero-order chi connectivity index (χ0) is 13.3. The Balaban J connectivity index is 3.01. The van der Waals surface area contributed by atoms with Gasteiger partial charge < -0.3 is 9.67 Å². The topological polar surface area (TPSA) is 42.2 Å². The second-order valence-corrected chi connectivity index (χ2v) is 4.16. The Morgan fingerprint density at radius 2 is 2.17 bits per heavy atom. The summed E-state index contributed by atoms with van der Waals surface area (Å²) in [5.74, 6) is 0.00507. The number of hydrogen-bond donors (Lipinski definition) is 1. The lowest BCUT2D eigenvalue weighted by molar-refractivity contribution is 0.477. The van der Waals surface area contributed by atoms with E-state index in [-0.39, 0.29) is 22.8 Å². The normalized spacial score (nSPS) is 10.3. The SMILES string of the molecule is C=C=C(CCl)c1c(O)c2ccccc2n(C)c1=O. The maximum atomic E-state index is 12.2. The first-order valence-corrected chi connectivity index (χ1v) is 5.91. The van der Waals surface area contributed by atoms with Crippen molar-refractivity contribution < 1.29 is 5.11 Å². The zero-order valence-electron chi connectivity index (χ0n) is 9.90. The molecular formula is C14H12ClNO2. The summed E-state index contributed by atoms with van der Waals surface area (Å²) >= 11 is 5.75. The van der Waals surface area contributed by atoms with Crippen molar-refractivity contribution in [3.63, 3.8) is 0 Å². The highest BCUT2D eigenvalue weighted by Crippen LogP contribution is 2.29. The van der Waals surface area contributed by atoms with Crippen molar-refractivity contribution in [2.75, 3.05) is 5.88 Å². The van der Waals surface area contributed by atoms with E-state index in [1.165, 1.54) is 4.57 Å². The van der Waals surface area contributed by atoms with E-state index in [9.17, 15) is 9.90 Å². The van der Waals surface area contributed by atoms with Gasteiger partial charge in [0.05, 0.1) is 17.0 Å². The molecule has 2 aromatic rings. The van der Waals surface area contributed by atoms with E-state index in [2.05, 4.69) is 12.3 Å². The second-order valence-electron chi connectivity index (χ2n) is 3.89. The quantitative estimate of drug-likeness (QED) is 0.667. The van der Waals surface area contributed by atoms with Crippen LogP contribution in [-0.2, 0) is 7.05 Å². The molecule has 0 amide bonds. The van der Waals surface area contributed by atoms with Crippen molar-refractivity contribution in [1.29, 1.82) is 0 Å². The lowest BCUT2D eigenvalue weighted by Gasteiger charge is -2.11. The molecule has 0 unspecified atom stereocenters. The molecule has 1 aromatic carbocycles. The number of pyridine rings is 1. The highest BCUT2D eigenvalue weighted by atomic mass is 35.5. The van der Waals surface area contributed by atoms with Gasteiger partial charge in [-0.15, -0.1) is 17.3 Å². The van der Waals surface area contributed by atoms with Gasteiger partial charge in [0, 0.05) is 18.0 Å². The van der Waals surface area contributed by atoms with Gasteiger partial charge in [0.2, 0.25) is 0 Å². The molecule has 1 aromatic heterocycles. The van der Waals surface area contributed by atoms with Crippen LogP contribution in [0.25, 0.3) is 16.5 Å². The Kier molecular flexibility index (Phi) is 3.28. The number of nitrogens with zero attached hydrogens (tertiary/aromatic N) is 1. The summed E-state index contributed by atoms with van der Waals surface area (Å²) in [7, 11) is 1.66. The van der Waals surface area contributed by atoms with Gasteiger partial charge in [-0.05, 0) is 12.1 Å². The van der Waals surface area contributed by atoms with Crippen LogP contribution in [0.4, 0.5) is 0 Å². The van der Waals surface area contributed by atoms with Crippen LogP contribution in [0.5, 0.6) is 5.75 Å². The molecule has 92 valence electrons. The van der Waals surface area contributed by atoms with Crippen molar-refractivity contribution in [2.45, 2.75) is 0 Å². The molecule has 0 saturated heterocycles. The van der Waals surface area contributed by atoms with E-state index in [1.54, 1.807) is 25.2 Å². The highest BCUT2D eigenvalue weighted by Gasteiger charge is 2.16. The first kappa shape index (κ1) is 12.5. The summed E-state index contributed by atoms with van der Waals surface area (Å²) in [6.07, 6.45) is 0. The van der Waals surface area contributed by atoms with Crippen LogP contribution in [0, 0.1) is 0 Å². The number of rotatable bonds is 2. The van der Waals surface area contributed by atoms with Gasteiger partial charge in [0.15, 0.2) is 0 Å². The second kappa shape index (κ2) is 4.73. The lowest BCUT2D eigenvalue weighted by atomic mass is 10.0. The van der Waals surface area contributed by atoms with Gasteiger partial charge >= 0.3 is 0 Å². The third-order valence-electron chi connectivity index (χ3n) is 2.92. The molecular weight excluding hydrogens is 250 g/mol. The highest BCUT2D eigenvalue weighted by molar-refractivity contribution is 6.23. The van der Waals surface area contributed by atoms with E-state index in [1.807, 2.05) is 6.07 Å². The van der Waals surface area contributed by atoms with Crippen LogP contribution in [0.3, 0.4) is 0 Å². The first-order valence-electron chi connectivity index (χ1n) is 5.37. The smallest absolute Gasteiger partial charge is 0.262 e. The van der Waals surface area contributed by atoms with Crippen LogP contribution in [0.15, 0.2) is 41.4 Å². The van der Waals surface area contributed by atoms with Crippen LogP contribution >= 0.6 is 11.6 Å². The molecule has 0 spiro atoms. The lowest BCUT2D eigenvalue weighted by Crippen LogP contribution is -2.21. The molecule has 0 saturated carbocycles. The number of benzene rings is 1. The summed E-state index contributed by atoms with van der Waals surface area (Å²) in [6.45, 7) is 3.49. The molecule has 0 aliphatic heterocycles. The van der Waals surface area contributed by atoms with Crippen LogP contribution < -0.4 is 5.56 Å². The number of fused-ring (bicyclic) bond motifs is 1. The molecule has 1 heterocycles. The molecule has 18 heavy (non-hydrogen) atoms. The van der Waals surface area contributed by atoms with Gasteiger partial charge in [0.25, 0.3) is 5.56 Å². The predicted octanol–water partition coefficient (Wildman–Crippen LogP) is 2.65. The van der Waals surface area contributed by atoms with Gasteiger partial charge in [-0.3, -0.25) is 4.79 Å². The maximum absolute atomic E-state index is 12.2. The number of hydrogen-bond acceptors (Lipinski definition) is 2. The van der Waals surface area contributed by atoms with Crippen molar-refractivity contribution in [1.82, 2.24) is 4.57 Å². The van der Waals surface area contributed by atoms with Crippen molar-refractivity contribution >= 4 is 28.1 Å². The minimum atomic E-state index is -0.307. The number of aryl methyl sites for hydroxylation is 1. The summed E-state index contributed by atoms with van der Waals surface area (Å²) in [5, 5.41) is 10.8. The monoisotopic (exact) mass is 261 g/mol. The van der Waals surface area contributed by atoms with E-state index in [4.69, 9.17) is 11.6 Å². The average molecular weight is 262 g/mol. The molecule has 0 aliphatic carbocycles. The Morgan fingerprint density at radius 3 is 2.78 bits per heavy atom. The molecule has 4 heteroatoms. The molecule has 0 atom stereocenters. The summed E-state index contributed by atoms with van der Waals surface area (Å²) < 4.78 is 1.48. The number of aromatic hydroxyl groups is 1. The number of para-hydroxylation sites is 1. The Labute approximate surface area is 109 Å². The van der Waals surface area contributed by atoms with Crippen molar-refractivity contribution in [3.05, 3.63) is 52.5 Å². The summed E-state index contributed by atoms with van der Waals surface area (Å²) in [6, 6.07) is 7.14. The van der Waals surface area contributed by atoms with E-state index in [0.29, 0.717) is 16.5 Å². The summed E-state index contributed by atoms with van der Waals surface area (Å²) in [5.41, 5.74) is 3.53. The fraction of sp³-hybridized carbons (Fsp3) is 0.143. The van der Waals surface area contributed by atoms with Gasteiger partial charge in [0.1, 0.15) is 5.75 Å². The minimum absolute atomic E-state index is 0.0690.